The molecule has 60 valence electrons. The summed E-state index contributed by atoms with van der Waals surface area (Å²) in [6.45, 7) is 3.92. The molecule has 0 atom stereocenters. The van der Waals surface area contributed by atoms with Crippen molar-refractivity contribution in [3.8, 4) is 11.8 Å². The molecule has 0 bridgehead atoms. The van der Waals surface area contributed by atoms with Crippen LogP contribution in [0.3, 0.4) is 0 Å². The highest BCUT2D eigenvalue weighted by Gasteiger charge is 1.83. The van der Waals surface area contributed by atoms with Gasteiger partial charge in [-0.05, 0) is 31.6 Å². The largest absolute Gasteiger partial charge is 0.102 e. The fourth-order valence-corrected chi connectivity index (χ4v) is 0.899. The second kappa shape index (κ2) is 4.41. The van der Waals surface area contributed by atoms with Crippen LogP contribution in [-0.4, -0.2) is 0 Å². The number of allylic oxidation sites excluding steroid dienone is 1. The Hall–Kier alpha value is -1.48. The molecule has 0 unspecified atom stereocenters. The molecule has 0 aliphatic rings. The molecule has 0 fully saturated rings. The molecule has 0 amide bonds. The van der Waals surface area contributed by atoms with Crippen LogP contribution in [-0.2, 0) is 0 Å². The van der Waals surface area contributed by atoms with Gasteiger partial charge in [0.2, 0.25) is 0 Å². The van der Waals surface area contributed by atoms with Crippen LogP contribution in [0.5, 0.6) is 0 Å². The van der Waals surface area contributed by atoms with Crippen LogP contribution in [0.15, 0.2) is 30.3 Å². The van der Waals surface area contributed by atoms with Gasteiger partial charge in [0.25, 0.3) is 0 Å². The van der Waals surface area contributed by atoms with E-state index in [4.69, 9.17) is 0 Å². The summed E-state index contributed by atoms with van der Waals surface area (Å²) < 4.78 is 0. The van der Waals surface area contributed by atoms with Gasteiger partial charge in [-0.2, -0.15) is 0 Å². The minimum absolute atomic E-state index is 1.20. The predicted molar refractivity (Wildman–Crippen MR) is 53.7 cm³/mol. The minimum atomic E-state index is 1.20. The van der Waals surface area contributed by atoms with Crippen LogP contribution < -0.4 is 0 Å². The number of hydrogen-bond acceptors (Lipinski definition) is 0. The standard InChI is InChI=1S/C12H12/c1-3-4-5-6-12-9-7-11(2)8-10-12/h5-10H,1-2H3/b6-5+. The molecule has 0 N–H and O–H groups in total. The number of benzene rings is 1. The molecule has 0 heteroatoms. The quantitative estimate of drug-likeness (QED) is 0.548. The summed E-state index contributed by atoms with van der Waals surface area (Å²) in [5.74, 6) is 5.69. The third kappa shape index (κ3) is 2.64. The SMILES string of the molecule is CC#C/C=C/c1ccc(C)cc1. The Labute approximate surface area is 73.9 Å². The molecule has 0 heterocycles. The van der Waals surface area contributed by atoms with E-state index in [1.54, 1.807) is 0 Å². The van der Waals surface area contributed by atoms with Crippen LogP contribution >= 0.6 is 0 Å². The Kier molecular flexibility index (Phi) is 3.17. The van der Waals surface area contributed by atoms with Gasteiger partial charge >= 0.3 is 0 Å². The van der Waals surface area contributed by atoms with Gasteiger partial charge in [-0.25, -0.2) is 0 Å². The maximum Gasteiger partial charge on any atom is -0.00235 e. The van der Waals surface area contributed by atoms with Crippen molar-refractivity contribution in [2.75, 3.05) is 0 Å². The van der Waals surface area contributed by atoms with Crippen LogP contribution in [0, 0.1) is 18.8 Å². The molecular formula is C12H12. The summed E-state index contributed by atoms with van der Waals surface area (Å²) in [5, 5.41) is 0. The number of rotatable bonds is 1. The topological polar surface area (TPSA) is 0 Å². The maximum atomic E-state index is 2.88. The summed E-state index contributed by atoms with van der Waals surface area (Å²) in [7, 11) is 0. The molecule has 0 nitrogen and oxygen atoms in total. The first-order chi connectivity index (χ1) is 5.83. The van der Waals surface area contributed by atoms with Crippen LogP contribution in [0.4, 0.5) is 0 Å². The fraction of sp³-hybridized carbons (Fsp3) is 0.167. The average molecular weight is 156 g/mol. The van der Waals surface area contributed by atoms with Crippen LogP contribution in [0.1, 0.15) is 18.1 Å². The molecule has 0 radical (unpaired) electrons. The number of aryl methyl sites for hydroxylation is 1. The van der Waals surface area contributed by atoms with Gasteiger partial charge in [-0.1, -0.05) is 35.7 Å². The van der Waals surface area contributed by atoms with Gasteiger partial charge in [-0.3, -0.25) is 0 Å². The van der Waals surface area contributed by atoms with Gasteiger partial charge in [0.15, 0.2) is 0 Å². The van der Waals surface area contributed by atoms with Gasteiger partial charge in [-0.15, -0.1) is 5.92 Å². The van der Waals surface area contributed by atoms with Crippen molar-refractivity contribution in [2.45, 2.75) is 13.8 Å². The maximum absolute atomic E-state index is 2.88. The molecule has 0 aliphatic heterocycles. The number of hydrogen-bond donors (Lipinski definition) is 0. The Morgan fingerprint density at radius 1 is 1.17 bits per heavy atom. The van der Waals surface area contributed by atoms with E-state index in [1.165, 1.54) is 11.1 Å². The zero-order valence-electron chi connectivity index (χ0n) is 7.46. The van der Waals surface area contributed by atoms with Crippen LogP contribution in [0.2, 0.25) is 0 Å². The van der Waals surface area contributed by atoms with Gasteiger partial charge in [0.05, 0.1) is 0 Å². The molecule has 1 rings (SSSR count). The predicted octanol–water partition coefficient (Wildman–Crippen LogP) is 3.03. The van der Waals surface area contributed by atoms with Crippen LogP contribution in [0.25, 0.3) is 6.08 Å². The first-order valence-corrected chi connectivity index (χ1v) is 3.98. The lowest BCUT2D eigenvalue weighted by atomic mass is 10.1. The molecule has 1 aromatic carbocycles. The summed E-state index contributed by atoms with van der Waals surface area (Å²) in [6.07, 6.45) is 3.88. The highest BCUT2D eigenvalue weighted by atomic mass is 13.9. The van der Waals surface area contributed by atoms with Crippen molar-refractivity contribution in [1.29, 1.82) is 0 Å². The molecule has 0 saturated heterocycles. The third-order valence-electron chi connectivity index (χ3n) is 1.58. The molecule has 1 aromatic rings. The zero-order chi connectivity index (χ0) is 8.81. The minimum Gasteiger partial charge on any atom is -0.102 e. The van der Waals surface area contributed by atoms with Crippen molar-refractivity contribution in [2.24, 2.45) is 0 Å². The van der Waals surface area contributed by atoms with Gasteiger partial charge < -0.3 is 0 Å². The summed E-state index contributed by atoms with van der Waals surface area (Å²) in [6, 6.07) is 8.37. The normalized spacial score (nSPS) is 9.50. The molecule has 12 heavy (non-hydrogen) atoms. The van der Waals surface area contributed by atoms with Crippen molar-refractivity contribution in [3.05, 3.63) is 41.5 Å². The lowest BCUT2D eigenvalue weighted by molar-refractivity contribution is 1.46. The third-order valence-corrected chi connectivity index (χ3v) is 1.58. The van der Waals surface area contributed by atoms with E-state index >= 15 is 0 Å². The Bertz CT molecular complexity index is 317. The smallest absolute Gasteiger partial charge is 0.00235 e. The van der Waals surface area contributed by atoms with Gasteiger partial charge in [0.1, 0.15) is 0 Å². The monoisotopic (exact) mass is 156 g/mol. The second-order valence-corrected chi connectivity index (χ2v) is 2.64. The first-order valence-electron chi connectivity index (χ1n) is 3.98. The fourth-order valence-electron chi connectivity index (χ4n) is 0.899. The second-order valence-electron chi connectivity index (χ2n) is 2.64. The van der Waals surface area contributed by atoms with Crippen molar-refractivity contribution < 1.29 is 0 Å². The summed E-state index contributed by atoms with van der Waals surface area (Å²) in [4.78, 5) is 0. The van der Waals surface area contributed by atoms with Crippen molar-refractivity contribution in [3.63, 3.8) is 0 Å². The molecule has 0 aliphatic carbocycles. The van der Waals surface area contributed by atoms with E-state index in [2.05, 4.69) is 43.0 Å². The Balaban J connectivity index is 2.75. The Morgan fingerprint density at radius 2 is 1.83 bits per heavy atom. The van der Waals surface area contributed by atoms with E-state index in [-0.39, 0.29) is 0 Å². The Morgan fingerprint density at radius 3 is 2.42 bits per heavy atom. The van der Waals surface area contributed by atoms with E-state index < -0.39 is 0 Å². The molecule has 0 aromatic heterocycles. The van der Waals surface area contributed by atoms with Crippen molar-refractivity contribution >= 4 is 6.08 Å². The summed E-state index contributed by atoms with van der Waals surface area (Å²) >= 11 is 0. The lowest BCUT2D eigenvalue weighted by Crippen LogP contribution is -1.72. The van der Waals surface area contributed by atoms with E-state index in [1.807, 2.05) is 19.1 Å². The zero-order valence-corrected chi connectivity index (χ0v) is 7.46. The van der Waals surface area contributed by atoms with Crippen molar-refractivity contribution in [1.82, 2.24) is 0 Å². The highest BCUT2D eigenvalue weighted by Crippen LogP contribution is 2.04. The average Bonchev–Trinajstić information content (AvgIpc) is 2.09. The van der Waals surface area contributed by atoms with Gasteiger partial charge in [0, 0.05) is 0 Å². The van der Waals surface area contributed by atoms with E-state index in [9.17, 15) is 0 Å². The molecule has 0 saturated carbocycles. The summed E-state index contributed by atoms with van der Waals surface area (Å²) in [5.41, 5.74) is 2.48. The molecular weight excluding hydrogens is 144 g/mol. The highest BCUT2D eigenvalue weighted by molar-refractivity contribution is 5.52. The first kappa shape index (κ1) is 8.62. The lowest BCUT2D eigenvalue weighted by Gasteiger charge is -1.92. The van der Waals surface area contributed by atoms with E-state index in [0.29, 0.717) is 0 Å². The van der Waals surface area contributed by atoms with E-state index in [0.717, 1.165) is 0 Å². The molecule has 0 spiro atoms.